The smallest absolute Gasteiger partial charge is 0.384 e. The molecular formula is C31H33Cl2F7N6O2. The second kappa shape index (κ2) is 17.3. The summed E-state index contributed by atoms with van der Waals surface area (Å²) in [6.45, 7) is 2.57. The summed E-state index contributed by atoms with van der Waals surface area (Å²) >= 11 is 11.8. The van der Waals surface area contributed by atoms with E-state index in [2.05, 4.69) is 25.9 Å². The van der Waals surface area contributed by atoms with Gasteiger partial charge in [-0.3, -0.25) is 19.6 Å². The number of carbonyl (C=O) groups excluding carboxylic acids is 2. The van der Waals surface area contributed by atoms with E-state index < -0.39 is 30.5 Å². The lowest BCUT2D eigenvalue weighted by Crippen LogP contribution is -2.59. The summed E-state index contributed by atoms with van der Waals surface area (Å²) in [5.74, 6) is -15.1. The van der Waals surface area contributed by atoms with Crippen LogP contribution >= 0.6 is 23.2 Å². The first kappa shape index (κ1) is 40.1. The van der Waals surface area contributed by atoms with Gasteiger partial charge in [0.1, 0.15) is 0 Å². The number of carbonyl (C=O) groups is 2. The third-order valence-corrected chi connectivity index (χ3v) is 6.91. The highest BCUT2D eigenvalue weighted by atomic mass is 35.5. The van der Waals surface area contributed by atoms with Crippen molar-refractivity contribution < 1.29 is 40.3 Å². The average molecular weight is 726 g/mol. The molecule has 0 fully saturated rings. The molecule has 2 aromatic carbocycles. The van der Waals surface area contributed by atoms with Crippen LogP contribution in [0.1, 0.15) is 27.2 Å². The second-order valence-electron chi connectivity index (χ2n) is 9.99. The fourth-order valence-corrected chi connectivity index (χ4v) is 4.40. The van der Waals surface area contributed by atoms with Crippen molar-refractivity contribution in [1.82, 2.24) is 20.6 Å². The van der Waals surface area contributed by atoms with Gasteiger partial charge in [-0.15, -0.1) is 0 Å². The van der Waals surface area contributed by atoms with Gasteiger partial charge in [0, 0.05) is 77.7 Å². The highest BCUT2D eigenvalue weighted by Crippen LogP contribution is 2.46. The Labute approximate surface area is 281 Å². The van der Waals surface area contributed by atoms with E-state index in [1.807, 2.05) is 24.3 Å². The molecule has 4 N–H and O–H groups in total. The van der Waals surface area contributed by atoms with Gasteiger partial charge in [-0.2, -0.15) is 30.7 Å². The van der Waals surface area contributed by atoms with Gasteiger partial charge in [0.15, 0.2) is 0 Å². The van der Waals surface area contributed by atoms with Crippen molar-refractivity contribution in [3.05, 3.63) is 71.0 Å². The summed E-state index contributed by atoms with van der Waals surface area (Å²) in [6, 6.07) is 14.1. The van der Waals surface area contributed by atoms with Crippen molar-refractivity contribution in [2.45, 2.75) is 45.2 Å². The van der Waals surface area contributed by atoms with E-state index >= 15 is 0 Å². The van der Waals surface area contributed by atoms with Crippen LogP contribution in [-0.2, 0) is 9.59 Å². The van der Waals surface area contributed by atoms with Crippen molar-refractivity contribution in [2.75, 3.05) is 36.8 Å². The molecule has 2 amide bonds. The SMILES string of the molecule is C.CC(=O)NCCCNc1ccnc2cc(Cl)ccc12.O=C(NCCCNc1ccnc2cc(Cl)ccc12)C(F)(F)C(F)(F)C(F)(F)F. The molecule has 0 saturated carbocycles. The molecule has 0 spiro atoms. The first-order chi connectivity index (χ1) is 22.0. The molecular weight excluding hydrogens is 692 g/mol. The zero-order valence-electron chi connectivity index (χ0n) is 24.6. The predicted molar refractivity (Wildman–Crippen MR) is 174 cm³/mol. The summed E-state index contributed by atoms with van der Waals surface area (Å²) in [7, 11) is 0. The van der Waals surface area contributed by atoms with Gasteiger partial charge in [0.2, 0.25) is 5.91 Å². The maximum atomic E-state index is 13.2. The van der Waals surface area contributed by atoms with Crippen LogP contribution in [0.15, 0.2) is 60.9 Å². The van der Waals surface area contributed by atoms with Crippen LogP contribution in [0, 0.1) is 0 Å². The zero-order chi connectivity index (χ0) is 34.8. The quantitative estimate of drug-likeness (QED) is 0.0869. The van der Waals surface area contributed by atoms with Crippen molar-refractivity contribution in [1.29, 1.82) is 0 Å². The number of benzene rings is 2. The van der Waals surface area contributed by atoms with E-state index in [0.717, 1.165) is 29.6 Å². The van der Waals surface area contributed by atoms with E-state index in [9.17, 15) is 40.3 Å². The number of nitrogens with zero attached hydrogens (tertiary/aromatic N) is 2. The van der Waals surface area contributed by atoms with Gasteiger partial charge >= 0.3 is 18.0 Å². The van der Waals surface area contributed by atoms with Crippen LogP contribution in [0.3, 0.4) is 0 Å². The third kappa shape index (κ3) is 10.4. The van der Waals surface area contributed by atoms with E-state index in [4.69, 9.17) is 23.2 Å². The van der Waals surface area contributed by atoms with Crippen LogP contribution < -0.4 is 21.3 Å². The van der Waals surface area contributed by atoms with E-state index in [1.165, 1.54) is 18.4 Å². The Bertz CT molecular complexity index is 1690. The minimum Gasteiger partial charge on any atom is -0.384 e. The maximum Gasteiger partial charge on any atom is 0.460 e. The van der Waals surface area contributed by atoms with Crippen LogP contribution in [0.25, 0.3) is 21.8 Å². The highest BCUT2D eigenvalue weighted by Gasteiger charge is 2.76. The summed E-state index contributed by atoms with van der Waals surface area (Å²) in [6.07, 6.45) is -2.45. The Morgan fingerprint density at radius 3 is 1.54 bits per heavy atom. The molecule has 0 aliphatic rings. The Morgan fingerprint density at radius 1 is 0.688 bits per heavy atom. The Kier molecular flexibility index (Phi) is 14.5. The van der Waals surface area contributed by atoms with Gasteiger partial charge in [-0.1, -0.05) is 30.6 Å². The fraction of sp³-hybridized carbons (Fsp3) is 0.355. The number of fused-ring (bicyclic) bond motifs is 2. The Hall–Kier alpha value is -4.11. The number of nitrogens with one attached hydrogen (secondary N) is 4. The highest BCUT2D eigenvalue weighted by molar-refractivity contribution is 6.31. The summed E-state index contributed by atoms with van der Waals surface area (Å²) in [4.78, 5) is 30.2. The number of aromatic nitrogens is 2. The van der Waals surface area contributed by atoms with Crippen LogP contribution in [-0.4, -0.2) is 66.0 Å². The molecule has 4 aromatic rings. The molecule has 17 heteroatoms. The molecule has 0 bridgehead atoms. The molecule has 0 saturated heterocycles. The number of anilines is 2. The monoisotopic (exact) mass is 724 g/mol. The minimum atomic E-state index is -6.55. The van der Waals surface area contributed by atoms with Crippen LogP contribution in [0.5, 0.6) is 0 Å². The largest absolute Gasteiger partial charge is 0.460 e. The molecule has 0 radical (unpaired) electrons. The average Bonchev–Trinajstić information content (AvgIpc) is 2.99. The number of alkyl halides is 7. The molecule has 48 heavy (non-hydrogen) atoms. The summed E-state index contributed by atoms with van der Waals surface area (Å²) < 4.78 is 88.0. The first-order valence-electron chi connectivity index (χ1n) is 14.0. The molecule has 0 aliphatic carbocycles. The van der Waals surface area contributed by atoms with E-state index in [-0.39, 0.29) is 26.3 Å². The fourth-order valence-electron chi connectivity index (χ4n) is 4.07. The van der Waals surface area contributed by atoms with Crippen molar-refractivity contribution in [3.8, 4) is 0 Å². The number of hydrogen-bond acceptors (Lipinski definition) is 6. The lowest BCUT2D eigenvalue weighted by atomic mass is 10.1. The molecule has 2 aromatic heterocycles. The Morgan fingerprint density at radius 2 is 1.12 bits per heavy atom. The standard InChI is InChI=1S/C16H13ClF7N3O.C14H16ClN3O.CH4/c17-9-2-3-10-11(4-7-26-12(10)8-9)25-5-1-6-27-13(28)14(18,19)15(20,21)16(22,23)24;1-10(19)16-6-2-7-17-13-5-8-18-14-9-11(15)3-4-12(13)14;/h2-4,7-8H,1,5-6H2,(H,25,26)(H,27,28);3-5,8-9H,2,6-7H2,1H3,(H,16,19)(H,17,18);1H4. The van der Waals surface area contributed by atoms with Crippen molar-refractivity contribution in [2.24, 2.45) is 0 Å². The molecule has 0 atom stereocenters. The minimum absolute atomic E-state index is 0. The van der Waals surface area contributed by atoms with Gasteiger partial charge < -0.3 is 21.3 Å². The number of amides is 2. The number of halogens is 9. The topological polar surface area (TPSA) is 108 Å². The number of rotatable bonds is 12. The normalized spacial score (nSPS) is 11.6. The first-order valence-corrected chi connectivity index (χ1v) is 14.7. The van der Waals surface area contributed by atoms with Crippen LogP contribution in [0.4, 0.5) is 42.1 Å². The number of pyridine rings is 2. The van der Waals surface area contributed by atoms with E-state index in [0.29, 0.717) is 33.2 Å². The van der Waals surface area contributed by atoms with Gasteiger partial charge in [0.25, 0.3) is 5.91 Å². The van der Waals surface area contributed by atoms with Crippen LogP contribution in [0.2, 0.25) is 10.0 Å². The van der Waals surface area contributed by atoms with Crippen molar-refractivity contribution in [3.63, 3.8) is 0 Å². The molecule has 2 heterocycles. The van der Waals surface area contributed by atoms with E-state index in [1.54, 1.807) is 30.5 Å². The molecule has 8 nitrogen and oxygen atoms in total. The second-order valence-corrected chi connectivity index (χ2v) is 10.9. The third-order valence-electron chi connectivity index (χ3n) is 6.44. The van der Waals surface area contributed by atoms with Gasteiger partial charge in [-0.05, 0) is 61.4 Å². The van der Waals surface area contributed by atoms with Crippen molar-refractivity contribution >= 4 is 68.2 Å². The Balaban J connectivity index is 0.000000349. The molecule has 4 rings (SSSR count). The molecule has 0 aliphatic heterocycles. The molecule has 262 valence electrons. The molecule has 0 unspecified atom stereocenters. The predicted octanol–water partition coefficient (Wildman–Crippen LogP) is 8.10. The summed E-state index contributed by atoms with van der Waals surface area (Å²) in [5.41, 5.74) is 3.10. The zero-order valence-corrected chi connectivity index (χ0v) is 26.1. The lowest BCUT2D eigenvalue weighted by Gasteiger charge is -2.27. The number of hydrogen-bond donors (Lipinski definition) is 4. The maximum absolute atomic E-state index is 13.2. The lowest BCUT2D eigenvalue weighted by molar-refractivity contribution is -0.344. The van der Waals surface area contributed by atoms with Gasteiger partial charge in [0.05, 0.1) is 11.0 Å². The van der Waals surface area contributed by atoms with Gasteiger partial charge in [-0.25, -0.2) is 0 Å². The summed E-state index contributed by atoms with van der Waals surface area (Å²) in [5, 5.41) is 13.3.